The van der Waals surface area contributed by atoms with Crippen LogP contribution < -0.4 is 0 Å². The van der Waals surface area contributed by atoms with Crippen LogP contribution in [0.1, 0.15) is 177 Å². The number of carboxylic acids is 1. The van der Waals surface area contributed by atoms with E-state index in [0.29, 0.717) is 35.2 Å². The van der Waals surface area contributed by atoms with Crippen molar-refractivity contribution >= 4 is 5.97 Å². The Morgan fingerprint density at radius 3 is 2.16 bits per heavy atom. The minimum atomic E-state index is -0.556. The first-order valence-electron chi connectivity index (χ1n) is 21.8. The van der Waals surface area contributed by atoms with Gasteiger partial charge < -0.3 is 9.84 Å². The van der Waals surface area contributed by atoms with Crippen LogP contribution in [-0.4, -0.2) is 23.8 Å². The molecule has 1 unspecified atom stereocenters. The highest BCUT2D eigenvalue weighted by atomic mass is 16.5. The molecule has 288 valence electrons. The van der Waals surface area contributed by atoms with Crippen LogP contribution in [0.15, 0.2) is 48.1 Å². The van der Waals surface area contributed by atoms with Gasteiger partial charge in [-0.2, -0.15) is 0 Å². The second-order valence-corrected chi connectivity index (χ2v) is 19.5. The first-order chi connectivity index (χ1) is 24.3. The highest BCUT2D eigenvalue weighted by molar-refractivity contribution is 5.76. The molecule has 0 bridgehead atoms. The van der Waals surface area contributed by atoms with Crippen LogP contribution in [0.2, 0.25) is 0 Å². The molecular formula is C48H78O3. The number of carbonyl (C=O) groups is 1. The average molecular weight is 703 g/mol. The maximum Gasteiger partial charge on any atom is 0.310 e. The number of ether oxygens (including phenoxy) is 1. The molecular weight excluding hydrogens is 625 g/mol. The summed E-state index contributed by atoms with van der Waals surface area (Å²) in [5.41, 5.74) is 1.78. The van der Waals surface area contributed by atoms with Gasteiger partial charge in [0.15, 0.2) is 0 Å². The van der Waals surface area contributed by atoms with Crippen molar-refractivity contribution in [2.75, 3.05) is 6.61 Å². The lowest BCUT2D eigenvalue weighted by atomic mass is 9.33. The molecule has 0 heterocycles. The van der Waals surface area contributed by atoms with E-state index >= 15 is 0 Å². The van der Waals surface area contributed by atoms with Crippen LogP contribution >= 0.6 is 0 Å². The van der Waals surface area contributed by atoms with Gasteiger partial charge in [0, 0.05) is 6.61 Å². The van der Waals surface area contributed by atoms with Crippen molar-refractivity contribution in [2.24, 2.45) is 56.7 Å². The van der Waals surface area contributed by atoms with Crippen LogP contribution in [0.3, 0.4) is 0 Å². The molecule has 0 aromatic heterocycles. The quantitative estimate of drug-likeness (QED) is 0.129. The molecule has 0 radical (unpaired) electrons. The number of allylic oxidation sites excluding steroid dienone is 8. The van der Waals surface area contributed by atoms with Crippen molar-refractivity contribution < 1.29 is 14.6 Å². The molecule has 0 saturated heterocycles. The van der Waals surface area contributed by atoms with Crippen LogP contribution in [0, 0.1) is 56.7 Å². The third-order valence-electron chi connectivity index (χ3n) is 16.7. The van der Waals surface area contributed by atoms with Gasteiger partial charge in [0.1, 0.15) is 0 Å². The van der Waals surface area contributed by atoms with Gasteiger partial charge >= 0.3 is 5.97 Å². The Kier molecular flexibility index (Phi) is 13.4. The number of unbranched alkanes of at least 4 members (excludes halogenated alkanes) is 6. The van der Waals surface area contributed by atoms with E-state index in [1.54, 1.807) is 5.57 Å². The van der Waals surface area contributed by atoms with Gasteiger partial charge in [0.25, 0.3) is 0 Å². The molecule has 10 atom stereocenters. The number of fused-ring (bicyclic) bond motifs is 7. The van der Waals surface area contributed by atoms with E-state index in [0.717, 1.165) is 58.0 Å². The molecule has 5 aliphatic rings. The van der Waals surface area contributed by atoms with Crippen molar-refractivity contribution in [1.82, 2.24) is 0 Å². The fourth-order valence-electron chi connectivity index (χ4n) is 13.3. The zero-order chi connectivity index (χ0) is 36.9. The van der Waals surface area contributed by atoms with E-state index in [9.17, 15) is 9.90 Å². The normalized spacial score (nSPS) is 40.5. The topological polar surface area (TPSA) is 46.5 Å². The average Bonchev–Trinajstić information content (AvgIpc) is 3.08. The molecule has 0 aromatic rings. The summed E-state index contributed by atoms with van der Waals surface area (Å²) in [4.78, 5) is 13.0. The van der Waals surface area contributed by atoms with E-state index in [1.165, 1.54) is 70.6 Å². The van der Waals surface area contributed by atoms with Crippen LogP contribution in [0.4, 0.5) is 0 Å². The number of carboxylic acid groups (broad SMARTS) is 1. The summed E-state index contributed by atoms with van der Waals surface area (Å²) < 4.78 is 6.81. The van der Waals surface area contributed by atoms with E-state index in [-0.39, 0.29) is 22.2 Å². The van der Waals surface area contributed by atoms with E-state index in [4.69, 9.17) is 4.74 Å². The minimum absolute atomic E-state index is 0.0933. The van der Waals surface area contributed by atoms with Crippen molar-refractivity contribution in [2.45, 2.75) is 183 Å². The highest BCUT2D eigenvalue weighted by Crippen LogP contribution is 2.75. The summed E-state index contributed by atoms with van der Waals surface area (Å²) in [6.07, 6.45) is 38.9. The second-order valence-electron chi connectivity index (χ2n) is 19.5. The van der Waals surface area contributed by atoms with Gasteiger partial charge in [0.2, 0.25) is 0 Å². The molecule has 3 nitrogen and oxygen atoms in total. The molecule has 4 fully saturated rings. The van der Waals surface area contributed by atoms with Crippen LogP contribution in [0.25, 0.3) is 0 Å². The Morgan fingerprint density at radius 2 is 1.45 bits per heavy atom. The van der Waals surface area contributed by atoms with E-state index < -0.39 is 11.4 Å². The molecule has 0 aliphatic heterocycles. The molecule has 0 spiro atoms. The van der Waals surface area contributed by atoms with Crippen LogP contribution in [0.5, 0.6) is 0 Å². The number of rotatable bonds is 16. The molecule has 0 amide bonds. The van der Waals surface area contributed by atoms with Crippen molar-refractivity contribution in [3.05, 3.63) is 48.1 Å². The number of hydrogen-bond donors (Lipinski definition) is 1. The smallest absolute Gasteiger partial charge is 0.310 e. The van der Waals surface area contributed by atoms with E-state index in [2.05, 4.69) is 97.9 Å². The molecule has 0 aromatic carbocycles. The summed E-state index contributed by atoms with van der Waals surface area (Å²) in [6, 6.07) is 0. The van der Waals surface area contributed by atoms with Crippen molar-refractivity contribution in [3.63, 3.8) is 0 Å². The van der Waals surface area contributed by atoms with Crippen molar-refractivity contribution in [1.29, 1.82) is 0 Å². The summed E-state index contributed by atoms with van der Waals surface area (Å²) in [6.45, 7) is 20.8. The second kappa shape index (κ2) is 16.8. The zero-order valence-corrected chi connectivity index (χ0v) is 34.4. The Labute approximate surface area is 314 Å². The predicted octanol–water partition coefficient (Wildman–Crippen LogP) is 13.7. The lowest BCUT2D eigenvalue weighted by molar-refractivity contribution is -0.213. The standard InChI is InChI=1S/C48H78O3/c1-9-10-11-12-13-14-15-16-17-18-19-20-21-22-23-24-35-51-41-29-30-45(6)39(44(41,4)5)28-31-47(8)40(45)26-25-38-42-37(3)36(2)27-32-48(42,43(49)50)34-33-46(38,47)7/h10-11,13-14,16-17,25,36-37,39-42H,9,12,15,18-24,26-35H2,1-8H3,(H,49,50)/b11-10-,14-13-,17-16-/t36-,37+,39?,40-,41+,42+,45+,46-,47-,48+/m1/s1. The fraction of sp³-hybridized carbons (Fsp3) is 0.812. The minimum Gasteiger partial charge on any atom is -0.481 e. The van der Waals surface area contributed by atoms with Crippen LogP contribution in [-0.2, 0) is 9.53 Å². The molecule has 1 N–H and O–H groups in total. The van der Waals surface area contributed by atoms with Gasteiger partial charge in [-0.15, -0.1) is 0 Å². The maximum absolute atomic E-state index is 13.0. The summed E-state index contributed by atoms with van der Waals surface area (Å²) >= 11 is 0. The Morgan fingerprint density at radius 1 is 0.784 bits per heavy atom. The number of hydrogen-bond acceptors (Lipinski definition) is 2. The van der Waals surface area contributed by atoms with Gasteiger partial charge in [-0.3, -0.25) is 4.79 Å². The highest BCUT2D eigenvalue weighted by Gasteiger charge is 2.69. The number of aliphatic carboxylic acids is 1. The molecule has 3 heteroatoms. The van der Waals surface area contributed by atoms with E-state index in [1.807, 2.05) is 0 Å². The molecule has 5 aliphatic carbocycles. The fourth-order valence-corrected chi connectivity index (χ4v) is 13.3. The Hall–Kier alpha value is -1.61. The lowest BCUT2D eigenvalue weighted by Crippen LogP contribution is -2.65. The first-order valence-corrected chi connectivity index (χ1v) is 21.8. The predicted molar refractivity (Wildman–Crippen MR) is 216 cm³/mol. The first kappa shape index (κ1) is 40.6. The summed E-state index contributed by atoms with van der Waals surface area (Å²) in [5.74, 6) is 2.02. The maximum atomic E-state index is 13.0. The van der Waals surface area contributed by atoms with Crippen molar-refractivity contribution in [3.8, 4) is 0 Å². The Bertz CT molecular complexity index is 1290. The van der Waals surface area contributed by atoms with Gasteiger partial charge in [-0.25, -0.2) is 0 Å². The lowest BCUT2D eigenvalue weighted by Gasteiger charge is -2.71. The summed E-state index contributed by atoms with van der Waals surface area (Å²) in [5, 5.41) is 10.7. The van der Waals surface area contributed by atoms with Gasteiger partial charge in [0.05, 0.1) is 11.5 Å². The molecule has 51 heavy (non-hydrogen) atoms. The SMILES string of the molecule is CC/C=C\C/C=C\C/C=C\CCCCCCCCO[C@H]1CC[C@@]2(C)C(CC[C@]3(C)[C@@H]2CC=C2[C@@H]4[C@@H](C)[C@H](C)CC[C@]4(C(=O)O)CC[C@]23C)C1(C)C. The van der Waals surface area contributed by atoms with Gasteiger partial charge in [-0.1, -0.05) is 129 Å². The molecule has 4 saturated carbocycles. The summed E-state index contributed by atoms with van der Waals surface area (Å²) in [7, 11) is 0. The largest absolute Gasteiger partial charge is 0.481 e. The third kappa shape index (κ3) is 7.69. The van der Waals surface area contributed by atoms with Gasteiger partial charge in [-0.05, 0) is 148 Å². The zero-order valence-electron chi connectivity index (χ0n) is 34.4. The monoisotopic (exact) mass is 703 g/mol. The Balaban J connectivity index is 1.11. The molecule has 5 rings (SSSR count). The third-order valence-corrected chi connectivity index (χ3v) is 16.7.